The lowest BCUT2D eigenvalue weighted by Gasteiger charge is -2.34. The number of rotatable bonds is 6. The van der Waals surface area contributed by atoms with Gasteiger partial charge >= 0.3 is 0 Å². The molecule has 2 fully saturated rings. The fourth-order valence-corrected chi connectivity index (χ4v) is 2.79. The third-order valence-corrected chi connectivity index (χ3v) is 4.51. The second kappa shape index (κ2) is 4.35. The second-order valence-electron chi connectivity index (χ2n) is 6.05. The van der Waals surface area contributed by atoms with Gasteiger partial charge in [0.15, 0.2) is 0 Å². The summed E-state index contributed by atoms with van der Waals surface area (Å²) in [6.07, 6.45) is 6.92. The molecule has 4 heteroatoms. The van der Waals surface area contributed by atoms with Crippen LogP contribution in [0.15, 0.2) is 6.33 Å². The van der Waals surface area contributed by atoms with Crippen LogP contribution in [0.3, 0.4) is 0 Å². The van der Waals surface area contributed by atoms with Crippen LogP contribution in [0.5, 0.6) is 0 Å². The number of imidazole rings is 1. The van der Waals surface area contributed by atoms with E-state index in [4.69, 9.17) is 0 Å². The summed E-state index contributed by atoms with van der Waals surface area (Å²) in [5.74, 6) is 0.630. The van der Waals surface area contributed by atoms with Gasteiger partial charge in [0.2, 0.25) is 0 Å². The quantitative estimate of drug-likeness (QED) is 0.801. The van der Waals surface area contributed by atoms with E-state index in [1.54, 1.807) is 0 Å². The first-order chi connectivity index (χ1) is 8.64. The molecule has 0 spiro atoms. The second-order valence-corrected chi connectivity index (χ2v) is 6.05. The third kappa shape index (κ3) is 2.19. The molecule has 0 bridgehead atoms. The Bertz CT molecular complexity index is 434. The van der Waals surface area contributed by atoms with Crippen LogP contribution in [-0.2, 0) is 6.54 Å². The monoisotopic (exact) mass is 249 g/mol. The lowest BCUT2D eigenvalue weighted by Crippen LogP contribution is -2.54. The average molecular weight is 249 g/mol. The van der Waals surface area contributed by atoms with Gasteiger partial charge in [-0.25, -0.2) is 4.98 Å². The first-order valence-corrected chi connectivity index (χ1v) is 7.01. The van der Waals surface area contributed by atoms with E-state index in [9.17, 15) is 5.11 Å². The van der Waals surface area contributed by atoms with E-state index >= 15 is 0 Å². The number of nitrogens with zero attached hydrogens (tertiary/aromatic N) is 2. The Morgan fingerprint density at radius 2 is 2.11 bits per heavy atom. The highest BCUT2D eigenvalue weighted by Gasteiger charge is 2.47. The molecular weight excluding hydrogens is 226 g/mol. The van der Waals surface area contributed by atoms with Gasteiger partial charge in [0.1, 0.15) is 0 Å². The van der Waals surface area contributed by atoms with E-state index in [0.717, 1.165) is 12.2 Å². The Morgan fingerprint density at radius 1 is 1.39 bits per heavy atom. The Kier molecular flexibility index (Phi) is 2.94. The Hall–Kier alpha value is -0.870. The first-order valence-electron chi connectivity index (χ1n) is 7.01. The number of aliphatic hydroxyl groups is 1. The van der Waals surface area contributed by atoms with E-state index < -0.39 is 0 Å². The molecule has 0 saturated heterocycles. The zero-order valence-corrected chi connectivity index (χ0v) is 11.3. The largest absolute Gasteiger partial charge is 0.394 e. The van der Waals surface area contributed by atoms with Gasteiger partial charge < -0.3 is 15.0 Å². The van der Waals surface area contributed by atoms with Gasteiger partial charge in [-0.3, -0.25) is 0 Å². The van der Waals surface area contributed by atoms with Crippen molar-refractivity contribution in [2.45, 2.75) is 57.7 Å². The maximum Gasteiger partial charge on any atom is 0.0952 e. The molecule has 0 aromatic carbocycles. The van der Waals surface area contributed by atoms with Crippen molar-refractivity contribution in [3.05, 3.63) is 17.7 Å². The van der Waals surface area contributed by atoms with Gasteiger partial charge in [-0.2, -0.15) is 0 Å². The van der Waals surface area contributed by atoms with E-state index in [2.05, 4.69) is 21.8 Å². The van der Waals surface area contributed by atoms with Crippen molar-refractivity contribution in [1.29, 1.82) is 0 Å². The molecule has 100 valence electrons. The maximum atomic E-state index is 9.93. The van der Waals surface area contributed by atoms with Crippen LogP contribution in [-0.4, -0.2) is 32.8 Å². The molecule has 2 N–H and O–H groups in total. The minimum Gasteiger partial charge on any atom is -0.394 e. The molecule has 0 aliphatic heterocycles. The molecule has 1 atom stereocenters. The summed E-state index contributed by atoms with van der Waals surface area (Å²) >= 11 is 0. The molecule has 2 saturated carbocycles. The average Bonchev–Trinajstić information content (AvgIpc) is 3.25. The van der Waals surface area contributed by atoms with Gasteiger partial charge in [0.25, 0.3) is 0 Å². The molecule has 1 aromatic heterocycles. The topological polar surface area (TPSA) is 50.1 Å². The lowest BCUT2D eigenvalue weighted by molar-refractivity contribution is 0.119. The molecule has 1 aromatic rings. The smallest absolute Gasteiger partial charge is 0.0952 e. The zero-order valence-electron chi connectivity index (χ0n) is 11.3. The van der Waals surface area contributed by atoms with E-state index in [1.807, 2.05) is 13.3 Å². The molecule has 18 heavy (non-hydrogen) atoms. The van der Waals surface area contributed by atoms with Crippen molar-refractivity contribution in [1.82, 2.24) is 14.9 Å². The molecule has 1 unspecified atom stereocenters. The minimum absolute atomic E-state index is 0.126. The number of aliphatic hydroxyl groups excluding tert-OH is 1. The fourth-order valence-electron chi connectivity index (χ4n) is 2.79. The number of hydrogen-bond acceptors (Lipinski definition) is 3. The molecule has 3 rings (SSSR count). The molecular formula is C14H23N3O. The van der Waals surface area contributed by atoms with Crippen molar-refractivity contribution in [3.8, 4) is 0 Å². The van der Waals surface area contributed by atoms with E-state index in [-0.39, 0.29) is 12.1 Å². The predicted octanol–water partition coefficient (Wildman–Crippen LogP) is 1.39. The molecule has 0 amide bonds. The van der Waals surface area contributed by atoms with Crippen LogP contribution >= 0.6 is 0 Å². The minimum atomic E-state index is -0.126. The van der Waals surface area contributed by atoms with Crippen molar-refractivity contribution in [2.75, 3.05) is 6.61 Å². The maximum absolute atomic E-state index is 9.93. The highest BCUT2D eigenvalue weighted by molar-refractivity contribution is 5.12. The number of aryl methyl sites for hydroxylation is 1. The molecule has 4 nitrogen and oxygen atoms in total. The molecule has 1 heterocycles. The third-order valence-electron chi connectivity index (χ3n) is 4.51. The normalized spacial score (nSPS) is 23.1. The summed E-state index contributed by atoms with van der Waals surface area (Å²) in [6.45, 7) is 5.22. The summed E-state index contributed by atoms with van der Waals surface area (Å²) in [4.78, 5) is 4.36. The predicted molar refractivity (Wildman–Crippen MR) is 70.4 cm³/mol. The van der Waals surface area contributed by atoms with Crippen molar-refractivity contribution < 1.29 is 5.11 Å². The van der Waals surface area contributed by atoms with Crippen LogP contribution in [0.1, 0.15) is 37.1 Å². The standard InChI is InChI=1S/C14H23N3O/c1-10-11(2)17(9-15-10)7-14(8-18,12-3-4-12)16-13-5-6-13/h9,12-13,16,18H,3-8H2,1-2H3. The van der Waals surface area contributed by atoms with Crippen LogP contribution in [0.2, 0.25) is 0 Å². The van der Waals surface area contributed by atoms with Crippen molar-refractivity contribution in [2.24, 2.45) is 5.92 Å². The number of aromatic nitrogens is 2. The van der Waals surface area contributed by atoms with Gasteiger partial charge in [0, 0.05) is 18.3 Å². The van der Waals surface area contributed by atoms with E-state index in [0.29, 0.717) is 12.0 Å². The van der Waals surface area contributed by atoms with Gasteiger partial charge in [-0.1, -0.05) is 0 Å². The SMILES string of the molecule is Cc1ncn(CC(CO)(NC2CC2)C2CC2)c1C. The Morgan fingerprint density at radius 3 is 2.56 bits per heavy atom. The Labute approximate surface area is 108 Å². The highest BCUT2D eigenvalue weighted by atomic mass is 16.3. The van der Waals surface area contributed by atoms with Crippen LogP contribution in [0.25, 0.3) is 0 Å². The van der Waals surface area contributed by atoms with Gasteiger partial charge in [-0.15, -0.1) is 0 Å². The molecule has 0 radical (unpaired) electrons. The fraction of sp³-hybridized carbons (Fsp3) is 0.786. The Balaban J connectivity index is 1.81. The molecule has 2 aliphatic carbocycles. The lowest BCUT2D eigenvalue weighted by atomic mass is 9.93. The summed E-state index contributed by atoms with van der Waals surface area (Å²) in [5, 5.41) is 13.6. The summed E-state index contributed by atoms with van der Waals surface area (Å²) in [7, 11) is 0. The molecule has 2 aliphatic rings. The van der Waals surface area contributed by atoms with Crippen LogP contribution in [0.4, 0.5) is 0 Å². The van der Waals surface area contributed by atoms with Gasteiger partial charge in [-0.05, 0) is 45.4 Å². The summed E-state index contributed by atoms with van der Waals surface area (Å²) < 4.78 is 2.19. The summed E-state index contributed by atoms with van der Waals surface area (Å²) in [5.41, 5.74) is 2.18. The highest BCUT2D eigenvalue weighted by Crippen LogP contribution is 2.42. The van der Waals surface area contributed by atoms with Crippen molar-refractivity contribution in [3.63, 3.8) is 0 Å². The zero-order chi connectivity index (χ0) is 12.8. The first kappa shape index (κ1) is 12.2. The van der Waals surface area contributed by atoms with Crippen LogP contribution in [0, 0.1) is 19.8 Å². The summed E-state index contributed by atoms with van der Waals surface area (Å²) in [6, 6.07) is 0.627. The number of hydrogen-bond donors (Lipinski definition) is 2. The van der Waals surface area contributed by atoms with Crippen molar-refractivity contribution >= 4 is 0 Å². The number of nitrogens with one attached hydrogen (secondary N) is 1. The van der Waals surface area contributed by atoms with Gasteiger partial charge in [0.05, 0.1) is 24.2 Å². The van der Waals surface area contributed by atoms with E-state index in [1.165, 1.54) is 31.4 Å². The van der Waals surface area contributed by atoms with Crippen LogP contribution < -0.4 is 5.32 Å².